The monoisotopic (exact) mass is 300 g/mol. The summed E-state index contributed by atoms with van der Waals surface area (Å²) < 4.78 is 108. The van der Waals surface area contributed by atoms with E-state index in [9.17, 15) is 39.5 Å². The Kier molecular flexibility index (Phi) is 4.68. The van der Waals surface area contributed by atoms with Gasteiger partial charge in [-0.2, -0.15) is 39.5 Å². The molecule has 0 radical (unpaired) electrons. The number of nitrogens with two attached hydrogens (primary N) is 1. The van der Waals surface area contributed by atoms with Gasteiger partial charge in [0.1, 0.15) is 5.70 Å². The van der Waals surface area contributed by atoms with E-state index in [2.05, 4.69) is 17.3 Å². The first-order valence-electron chi connectivity index (χ1n) is 4.11. The van der Waals surface area contributed by atoms with Crippen LogP contribution in [0.1, 0.15) is 0 Å². The maximum atomic E-state index is 12.2. The molecule has 0 heterocycles. The van der Waals surface area contributed by atoms with Crippen LogP contribution >= 0.6 is 0 Å². The first-order valence-corrected chi connectivity index (χ1v) is 4.11. The van der Waals surface area contributed by atoms with E-state index < -0.39 is 41.7 Å². The molecular weight excluding hydrogens is 295 g/mol. The normalized spacial score (nSPS) is 15.6. The molecule has 0 aromatic heterocycles. The van der Waals surface area contributed by atoms with Crippen LogP contribution < -0.4 is 5.73 Å². The number of hydrogen-bond donors (Lipinski definition) is 1. The fourth-order valence-corrected chi connectivity index (χ4v) is 0.645. The van der Waals surface area contributed by atoms with Gasteiger partial charge in [0.2, 0.25) is 0 Å². The number of nitrogens with zero attached hydrogens (tertiary/aromatic N) is 1. The van der Waals surface area contributed by atoms with Gasteiger partial charge >= 0.3 is 18.5 Å². The second-order valence-electron chi connectivity index (χ2n) is 3.04. The van der Waals surface area contributed by atoms with E-state index in [0.29, 0.717) is 0 Å². The minimum Gasteiger partial charge on any atom is -0.393 e. The van der Waals surface area contributed by atoms with Crippen LogP contribution in [0.15, 0.2) is 28.5 Å². The van der Waals surface area contributed by atoms with Crippen LogP contribution in [0.4, 0.5) is 39.5 Å². The zero-order valence-electron chi connectivity index (χ0n) is 8.71. The largest absolute Gasteiger partial charge is 0.435 e. The predicted molar refractivity (Wildman–Crippen MR) is 47.0 cm³/mol. The van der Waals surface area contributed by atoms with Gasteiger partial charge in [-0.3, -0.25) is 0 Å². The molecule has 11 heteroatoms. The summed E-state index contributed by atoms with van der Waals surface area (Å²) in [6, 6.07) is 0. The van der Waals surface area contributed by atoms with Crippen molar-refractivity contribution in [1.29, 1.82) is 0 Å². The van der Waals surface area contributed by atoms with Crippen LogP contribution in [0.2, 0.25) is 0 Å². The van der Waals surface area contributed by atoms with Gasteiger partial charge in [0.25, 0.3) is 0 Å². The molecule has 0 aliphatic heterocycles. The van der Waals surface area contributed by atoms with Crippen molar-refractivity contribution < 1.29 is 39.5 Å². The number of hydrogen-bond acceptors (Lipinski definition) is 2. The van der Waals surface area contributed by atoms with E-state index in [4.69, 9.17) is 0 Å². The molecule has 0 aromatic carbocycles. The highest BCUT2D eigenvalue weighted by atomic mass is 19.4. The first-order chi connectivity index (χ1) is 8.17. The Hall–Kier alpha value is -1.68. The number of allylic oxidation sites excluding steroid dienone is 3. The Morgan fingerprint density at radius 3 is 1.53 bits per heavy atom. The van der Waals surface area contributed by atoms with Crippen molar-refractivity contribution in [3.05, 3.63) is 23.5 Å². The second kappa shape index (κ2) is 5.13. The molecule has 0 fully saturated rings. The van der Waals surface area contributed by atoms with Crippen molar-refractivity contribution in [2.75, 3.05) is 0 Å². The van der Waals surface area contributed by atoms with Gasteiger partial charge in [-0.1, -0.05) is 6.58 Å². The molecule has 0 spiro atoms. The molecule has 0 rings (SSSR count). The van der Waals surface area contributed by atoms with Crippen LogP contribution in [0.3, 0.4) is 0 Å². The molecule has 0 atom stereocenters. The topological polar surface area (TPSA) is 38.4 Å². The second-order valence-corrected chi connectivity index (χ2v) is 3.04. The maximum Gasteiger partial charge on any atom is 0.435 e. The Balaban J connectivity index is 5.61. The quantitative estimate of drug-likeness (QED) is 0.615. The zero-order chi connectivity index (χ0) is 15.6. The fourth-order valence-electron chi connectivity index (χ4n) is 0.645. The number of rotatable bonds is 2. The van der Waals surface area contributed by atoms with Crippen molar-refractivity contribution in [3.63, 3.8) is 0 Å². The molecular formula is C8H5F9N2. The summed E-state index contributed by atoms with van der Waals surface area (Å²) in [5.41, 5.74) is -2.99. The summed E-state index contributed by atoms with van der Waals surface area (Å²) in [6.07, 6.45) is -16.8. The van der Waals surface area contributed by atoms with E-state index in [1.807, 2.05) is 0 Å². The third kappa shape index (κ3) is 5.22. The number of halogens is 9. The molecule has 19 heavy (non-hydrogen) atoms. The average Bonchev–Trinajstić information content (AvgIpc) is 2.12. The Bertz CT molecular complexity index is 407. The molecule has 2 N–H and O–H groups in total. The van der Waals surface area contributed by atoms with E-state index in [0.717, 1.165) is 0 Å². The molecule has 2 nitrogen and oxygen atoms in total. The summed E-state index contributed by atoms with van der Waals surface area (Å²) in [4.78, 5) is 2.09. The third-order valence-electron chi connectivity index (χ3n) is 1.54. The van der Waals surface area contributed by atoms with Gasteiger partial charge in [0, 0.05) is 6.21 Å². The van der Waals surface area contributed by atoms with Crippen LogP contribution in [-0.2, 0) is 0 Å². The SMILES string of the molecule is C=C(C=N/C(=C(\N)C(F)(F)F)C(F)(F)F)C(F)(F)F. The smallest absolute Gasteiger partial charge is 0.393 e. The van der Waals surface area contributed by atoms with Gasteiger partial charge in [0.05, 0.1) is 5.57 Å². The van der Waals surface area contributed by atoms with E-state index in [1.165, 1.54) is 0 Å². The Labute approximate surface area is 99.6 Å². The van der Waals surface area contributed by atoms with E-state index in [1.54, 1.807) is 0 Å². The molecule has 0 aliphatic rings. The van der Waals surface area contributed by atoms with Crippen molar-refractivity contribution >= 4 is 6.21 Å². The molecule has 0 aromatic rings. The van der Waals surface area contributed by atoms with Gasteiger partial charge in [-0.05, 0) is 0 Å². The highest BCUT2D eigenvalue weighted by Crippen LogP contribution is 2.34. The van der Waals surface area contributed by atoms with Crippen molar-refractivity contribution in [3.8, 4) is 0 Å². The molecule has 0 aliphatic carbocycles. The summed E-state index contributed by atoms with van der Waals surface area (Å²) in [5, 5.41) is 0. The molecule has 0 saturated carbocycles. The standard InChI is InChI=1S/C8H5F9N2/c1-3(6(9,10)11)2-19-5(8(15,16)17)4(18)7(12,13)14/h2H,1,18H2/b5-4-,19-2?. The lowest BCUT2D eigenvalue weighted by Crippen LogP contribution is -2.27. The lowest BCUT2D eigenvalue weighted by Gasteiger charge is -2.13. The van der Waals surface area contributed by atoms with Crippen molar-refractivity contribution in [2.24, 2.45) is 10.7 Å². The van der Waals surface area contributed by atoms with Gasteiger partial charge in [-0.15, -0.1) is 0 Å². The van der Waals surface area contributed by atoms with Crippen molar-refractivity contribution in [2.45, 2.75) is 18.5 Å². The number of alkyl halides is 9. The molecule has 0 unspecified atom stereocenters. The van der Waals surface area contributed by atoms with E-state index >= 15 is 0 Å². The van der Waals surface area contributed by atoms with Crippen LogP contribution in [0.25, 0.3) is 0 Å². The highest BCUT2D eigenvalue weighted by molar-refractivity contribution is 5.80. The Morgan fingerprint density at radius 2 is 1.26 bits per heavy atom. The molecule has 110 valence electrons. The molecule has 0 saturated heterocycles. The molecule has 0 amide bonds. The third-order valence-corrected chi connectivity index (χ3v) is 1.54. The van der Waals surface area contributed by atoms with Gasteiger partial charge in [-0.25, -0.2) is 4.99 Å². The Morgan fingerprint density at radius 1 is 0.842 bits per heavy atom. The minimum atomic E-state index is -5.66. The van der Waals surface area contributed by atoms with Crippen molar-refractivity contribution in [1.82, 2.24) is 0 Å². The average molecular weight is 300 g/mol. The van der Waals surface area contributed by atoms with E-state index in [-0.39, 0.29) is 0 Å². The zero-order valence-corrected chi connectivity index (χ0v) is 8.71. The minimum absolute atomic E-state index is 0.485. The predicted octanol–water partition coefficient (Wildman–Crippen LogP) is 3.47. The van der Waals surface area contributed by atoms with Gasteiger partial charge < -0.3 is 5.73 Å². The summed E-state index contributed by atoms with van der Waals surface area (Å²) in [7, 11) is 0. The highest BCUT2D eigenvalue weighted by Gasteiger charge is 2.45. The lowest BCUT2D eigenvalue weighted by atomic mass is 10.3. The van der Waals surface area contributed by atoms with Crippen LogP contribution in [0.5, 0.6) is 0 Å². The van der Waals surface area contributed by atoms with Crippen LogP contribution in [0, 0.1) is 0 Å². The van der Waals surface area contributed by atoms with Gasteiger partial charge in [0.15, 0.2) is 5.70 Å². The lowest BCUT2D eigenvalue weighted by molar-refractivity contribution is -0.116. The summed E-state index contributed by atoms with van der Waals surface area (Å²) in [6.45, 7) is 2.32. The van der Waals surface area contributed by atoms with Crippen LogP contribution in [-0.4, -0.2) is 24.7 Å². The molecule has 0 bridgehead atoms. The fraction of sp³-hybridized carbons (Fsp3) is 0.375. The summed E-state index contributed by atoms with van der Waals surface area (Å²) >= 11 is 0. The first kappa shape index (κ1) is 17.3. The number of aliphatic imine (C=N–C) groups is 1. The summed E-state index contributed by atoms with van der Waals surface area (Å²) in [5.74, 6) is 0. The maximum absolute atomic E-state index is 12.2.